The number of nitrogens with one attached hydrogen (secondary N) is 1. The number of hydrogen-bond acceptors (Lipinski definition) is 5. The van der Waals surface area contributed by atoms with Crippen LogP contribution in [-0.4, -0.2) is 37.7 Å². The van der Waals surface area contributed by atoms with Crippen LogP contribution in [0.4, 0.5) is 0 Å². The first kappa shape index (κ1) is 17.5. The van der Waals surface area contributed by atoms with Crippen LogP contribution in [0.1, 0.15) is 0 Å². The Hall–Kier alpha value is -3.36. The standard InChI is InChI=1S/C17H19N5O4/c1-20-15-14(16(24)21(2)17(20)25)22(11-19-15)10-13(23)18-8-9-26-12-6-4-3-5-7-12/h3-7,11H,8-10H2,1-2H3,(H,18,23). The van der Waals surface area contributed by atoms with E-state index in [9.17, 15) is 14.4 Å². The fraction of sp³-hybridized carbons (Fsp3) is 0.294. The van der Waals surface area contributed by atoms with E-state index >= 15 is 0 Å². The number of aryl methyl sites for hydroxylation is 1. The maximum absolute atomic E-state index is 12.3. The molecule has 0 saturated carbocycles. The summed E-state index contributed by atoms with van der Waals surface area (Å²) < 4.78 is 9.20. The molecule has 0 bridgehead atoms. The molecule has 2 heterocycles. The lowest BCUT2D eigenvalue weighted by Gasteiger charge is -2.09. The lowest BCUT2D eigenvalue weighted by atomic mass is 10.3. The van der Waals surface area contributed by atoms with Gasteiger partial charge in [0.15, 0.2) is 11.2 Å². The highest BCUT2D eigenvalue weighted by Crippen LogP contribution is 2.07. The summed E-state index contributed by atoms with van der Waals surface area (Å²) >= 11 is 0. The van der Waals surface area contributed by atoms with Gasteiger partial charge in [-0.15, -0.1) is 0 Å². The third-order valence-corrected chi connectivity index (χ3v) is 3.97. The molecule has 0 saturated heterocycles. The maximum Gasteiger partial charge on any atom is 0.332 e. The first-order chi connectivity index (χ1) is 12.5. The first-order valence-corrected chi connectivity index (χ1v) is 8.04. The van der Waals surface area contributed by atoms with Crippen LogP contribution >= 0.6 is 0 Å². The highest BCUT2D eigenvalue weighted by atomic mass is 16.5. The van der Waals surface area contributed by atoms with Gasteiger partial charge < -0.3 is 14.6 Å². The molecular weight excluding hydrogens is 338 g/mol. The van der Waals surface area contributed by atoms with Crippen molar-refractivity contribution >= 4 is 17.1 Å². The van der Waals surface area contributed by atoms with Crippen molar-refractivity contribution in [1.82, 2.24) is 24.0 Å². The number of amides is 1. The van der Waals surface area contributed by atoms with Gasteiger partial charge in [0.05, 0.1) is 12.9 Å². The van der Waals surface area contributed by atoms with Crippen molar-refractivity contribution in [3.8, 4) is 5.75 Å². The van der Waals surface area contributed by atoms with Crippen LogP contribution < -0.4 is 21.3 Å². The van der Waals surface area contributed by atoms with Crippen LogP contribution in [0.5, 0.6) is 5.75 Å². The summed E-state index contributed by atoms with van der Waals surface area (Å²) in [7, 11) is 2.92. The normalized spacial score (nSPS) is 10.8. The molecule has 0 aliphatic heterocycles. The van der Waals surface area contributed by atoms with E-state index in [2.05, 4.69) is 10.3 Å². The number of carbonyl (C=O) groups is 1. The quantitative estimate of drug-likeness (QED) is 0.607. The van der Waals surface area contributed by atoms with E-state index in [1.54, 1.807) is 0 Å². The van der Waals surface area contributed by atoms with Crippen molar-refractivity contribution < 1.29 is 9.53 Å². The van der Waals surface area contributed by atoms with Crippen LogP contribution in [0.25, 0.3) is 11.2 Å². The van der Waals surface area contributed by atoms with E-state index < -0.39 is 11.2 Å². The Morgan fingerprint density at radius 3 is 2.62 bits per heavy atom. The van der Waals surface area contributed by atoms with Crippen molar-refractivity contribution in [3.05, 3.63) is 57.5 Å². The molecular formula is C17H19N5O4. The summed E-state index contributed by atoms with van der Waals surface area (Å²) in [5.41, 5.74) is -0.486. The number of fused-ring (bicyclic) bond motifs is 1. The Balaban J connectivity index is 1.65. The number of rotatable bonds is 6. The van der Waals surface area contributed by atoms with Gasteiger partial charge in [0.25, 0.3) is 5.56 Å². The number of aromatic nitrogens is 4. The number of hydrogen-bond donors (Lipinski definition) is 1. The summed E-state index contributed by atoms with van der Waals surface area (Å²) in [6.07, 6.45) is 1.38. The smallest absolute Gasteiger partial charge is 0.332 e. The second-order valence-corrected chi connectivity index (χ2v) is 5.76. The van der Waals surface area contributed by atoms with E-state index in [0.717, 1.165) is 10.3 Å². The Kier molecular flexibility index (Phi) is 4.87. The van der Waals surface area contributed by atoms with E-state index in [-0.39, 0.29) is 23.6 Å². The predicted molar refractivity (Wildman–Crippen MR) is 95.2 cm³/mol. The van der Waals surface area contributed by atoms with E-state index in [1.807, 2.05) is 30.3 Å². The van der Waals surface area contributed by atoms with Crippen molar-refractivity contribution in [1.29, 1.82) is 0 Å². The number of benzene rings is 1. The Morgan fingerprint density at radius 1 is 1.15 bits per heavy atom. The summed E-state index contributed by atoms with van der Waals surface area (Å²) in [4.78, 5) is 40.4. The molecule has 0 spiro atoms. The molecule has 3 rings (SSSR count). The zero-order valence-corrected chi connectivity index (χ0v) is 14.5. The number of para-hydroxylation sites is 1. The summed E-state index contributed by atoms with van der Waals surface area (Å²) in [5, 5.41) is 2.73. The van der Waals surface area contributed by atoms with Crippen molar-refractivity contribution in [2.24, 2.45) is 14.1 Å². The highest BCUT2D eigenvalue weighted by molar-refractivity contribution is 5.78. The van der Waals surface area contributed by atoms with Gasteiger partial charge in [0.2, 0.25) is 5.91 Å². The molecule has 0 aliphatic rings. The lowest BCUT2D eigenvalue weighted by molar-refractivity contribution is -0.121. The molecule has 0 atom stereocenters. The molecule has 136 valence electrons. The van der Waals surface area contributed by atoms with E-state index in [4.69, 9.17) is 4.74 Å². The zero-order valence-electron chi connectivity index (χ0n) is 14.5. The molecule has 3 aromatic rings. The molecule has 0 aliphatic carbocycles. The number of nitrogens with zero attached hydrogens (tertiary/aromatic N) is 4. The third kappa shape index (κ3) is 3.37. The van der Waals surface area contributed by atoms with Crippen molar-refractivity contribution in [2.45, 2.75) is 6.54 Å². The van der Waals surface area contributed by atoms with Gasteiger partial charge >= 0.3 is 5.69 Å². The predicted octanol–water partition coefficient (Wildman–Crippen LogP) is -0.371. The minimum atomic E-state index is -0.485. The van der Waals surface area contributed by atoms with E-state index in [1.165, 1.54) is 29.6 Å². The van der Waals surface area contributed by atoms with Gasteiger partial charge in [-0.2, -0.15) is 0 Å². The van der Waals surface area contributed by atoms with Gasteiger partial charge in [0, 0.05) is 14.1 Å². The lowest BCUT2D eigenvalue weighted by Crippen LogP contribution is -2.38. The van der Waals surface area contributed by atoms with Crippen LogP contribution in [0.15, 0.2) is 46.2 Å². The maximum atomic E-state index is 12.3. The van der Waals surface area contributed by atoms with Gasteiger partial charge in [-0.1, -0.05) is 18.2 Å². The van der Waals surface area contributed by atoms with Crippen molar-refractivity contribution in [3.63, 3.8) is 0 Å². The first-order valence-electron chi connectivity index (χ1n) is 8.04. The molecule has 1 aromatic carbocycles. The molecule has 0 radical (unpaired) electrons. The molecule has 1 amide bonds. The molecule has 1 N–H and O–H groups in total. The van der Waals surface area contributed by atoms with E-state index in [0.29, 0.717) is 13.2 Å². The molecule has 26 heavy (non-hydrogen) atoms. The van der Waals surface area contributed by atoms with Crippen LogP contribution in [0.3, 0.4) is 0 Å². The Bertz CT molecular complexity index is 1050. The molecule has 2 aromatic heterocycles. The van der Waals surface area contributed by atoms with Gasteiger partial charge in [-0.3, -0.25) is 18.7 Å². The minimum Gasteiger partial charge on any atom is -0.492 e. The van der Waals surface area contributed by atoms with Crippen molar-refractivity contribution in [2.75, 3.05) is 13.2 Å². The van der Waals surface area contributed by atoms with Crippen LogP contribution in [0, 0.1) is 0 Å². The van der Waals surface area contributed by atoms with Crippen LogP contribution in [-0.2, 0) is 25.4 Å². The summed E-state index contributed by atoms with van der Waals surface area (Å²) in [6.45, 7) is 0.586. The van der Waals surface area contributed by atoms with Gasteiger partial charge in [0.1, 0.15) is 18.9 Å². The van der Waals surface area contributed by atoms with Gasteiger partial charge in [-0.05, 0) is 12.1 Å². The SMILES string of the molecule is Cn1c(=O)c2c(ncn2CC(=O)NCCOc2ccccc2)n(C)c1=O. The Labute approximate surface area is 148 Å². The fourth-order valence-corrected chi connectivity index (χ4v) is 2.60. The number of imidazole rings is 1. The largest absolute Gasteiger partial charge is 0.492 e. The summed E-state index contributed by atoms with van der Waals surface area (Å²) in [6, 6.07) is 9.29. The zero-order chi connectivity index (χ0) is 18.7. The fourth-order valence-electron chi connectivity index (χ4n) is 2.60. The number of ether oxygens (including phenoxy) is 1. The summed E-state index contributed by atoms with van der Waals surface area (Å²) in [5.74, 6) is 0.448. The average Bonchev–Trinajstić information content (AvgIpc) is 3.06. The molecule has 0 unspecified atom stereocenters. The minimum absolute atomic E-state index is 0.0741. The average molecular weight is 357 g/mol. The Morgan fingerprint density at radius 2 is 1.88 bits per heavy atom. The third-order valence-electron chi connectivity index (χ3n) is 3.97. The second-order valence-electron chi connectivity index (χ2n) is 5.76. The monoisotopic (exact) mass is 357 g/mol. The topological polar surface area (TPSA) is 100 Å². The van der Waals surface area contributed by atoms with Crippen LogP contribution in [0.2, 0.25) is 0 Å². The second kappa shape index (κ2) is 7.26. The molecule has 9 heteroatoms. The molecule has 0 fully saturated rings. The molecule has 9 nitrogen and oxygen atoms in total. The van der Waals surface area contributed by atoms with Gasteiger partial charge in [-0.25, -0.2) is 9.78 Å². The highest BCUT2D eigenvalue weighted by Gasteiger charge is 2.15. The number of carbonyl (C=O) groups excluding carboxylic acids is 1.